The fraction of sp³-hybridized carbons (Fsp3) is 0.409. The van der Waals surface area contributed by atoms with Crippen molar-refractivity contribution in [1.82, 2.24) is 5.01 Å². The summed E-state index contributed by atoms with van der Waals surface area (Å²) in [6, 6.07) is 17.4. The van der Waals surface area contributed by atoms with Crippen molar-refractivity contribution in [2.45, 2.75) is 39.8 Å². The number of hydrogen-bond donors (Lipinski definition) is 0. The number of hydrazone groups is 1. The molecule has 3 nitrogen and oxygen atoms in total. The molecule has 3 heteroatoms. The van der Waals surface area contributed by atoms with Gasteiger partial charge in [-0.15, -0.1) is 0 Å². The average molecular weight is 333 g/mol. The van der Waals surface area contributed by atoms with Crippen molar-refractivity contribution in [2.24, 2.45) is 16.9 Å². The van der Waals surface area contributed by atoms with Crippen LogP contribution >= 0.6 is 0 Å². The van der Waals surface area contributed by atoms with E-state index in [0.29, 0.717) is 11.8 Å². The highest BCUT2D eigenvalue weighted by Gasteiger charge is 2.43. The quantitative estimate of drug-likeness (QED) is 0.768. The number of amidine groups is 1. The number of hydrogen-bond acceptors (Lipinski definition) is 3. The van der Waals surface area contributed by atoms with Crippen LogP contribution in [-0.4, -0.2) is 24.1 Å². The summed E-state index contributed by atoms with van der Waals surface area (Å²) in [7, 11) is 2.13. The molecule has 130 valence electrons. The van der Waals surface area contributed by atoms with Crippen LogP contribution in [0.4, 0.5) is 5.69 Å². The van der Waals surface area contributed by atoms with Crippen molar-refractivity contribution >= 4 is 11.5 Å². The number of fused-ring (bicyclic) bond motifs is 6. The molecule has 2 aliphatic rings. The van der Waals surface area contributed by atoms with Gasteiger partial charge in [-0.2, -0.15) is 5.10 Å². The molecule has 4 rings (SSSR count). The first-order chi connectivity index (χ1) is 12.2. The molecule has 0 fully saturated rings. The highest BCUT2D eigenvalue weighted by atomic mass is 15.6. The molecule has 0 bridgehead atoms. The summed E-state index contributed by atoms with van der Waals surface area (Å²) >= 11 is 0. The molecular weight excluding hydrogens is 306 g/mol. The topological polar surface area (TPSA) is 18.8 Å². The van der Waals surface area contributed by atoms with Gasteiger partial charge in [-0.05, 0) is 24.0 Å². The van der Waals surface area contributed by atoms with E-state index in [1.54, 1.807) is 0 Å². The summed E-state index contributed by atoms with van der Waals surface area (Å²) < 4.78 is 0. The Bertz CT molecular complexity index is 810. The van der Waals surface area contributed by atoms with Crippen molar-refractivity contribution in [3.63, 3.8) is 0 Å². The molecule has 0 saturated heterocycles. The van der Waals surface area contributed by atoms with Crippen LogP contribution in [0.25, 0.3) is 11.1 Å². The predicted molar refractivity (Wildman–Crippen MR) is 106 cm³/mol. The molecule has 0 aliphatic carbocycles. The zero-order valence-electron chi connectivity index (χ0n) is 15.6. The lowest BCUT2D eigenvalue weighted by molar-refractivity contribution is 0.156. The lowest BCUT2D eigenvalue weighted by atomic mass is 9.84. The molecule has 3 atom stereocenters. The summed E-state index contributed by atoms with van der Waals surface area (Å²) in [5.41, 5.74) is 5.14. The van der Waals surface area contributed by atoms with Crippen LogP contribution in [0.15, 0.2) is 53.6 Å². The van der Waals surface area contributed by atoms with E-state index in [0.717, 1.165) is 12.3 Å². The zero-order chi connectivity index (χ0) is 17.6. The summed E-state index contributed by atoms with van der Waals surface area (Å²) in [6.07, 6.45) is 2.64. The first-order valence-corrected chi connectivity index (χ1v) is 9.46. The van der Waals surface area contributed by atoms with Gasteiger partial charge in [0, 0.05) is 24.1 Å². The Morgan fingerprint density at radius 1 is 0.920 bits per heavy atom. The standard InChI is InChI=1S/C22H27N3/c1-5-15(3)16(6-2)22-24(4)23-21-19-13-8-7-11-17(19)18-12-9-10-14-20(18)25(21)22/h7-16,22H,5-6H2,1-4H3. The number of rotatable bonds is 4. The van der Waals surface area contributed by atoms with E-state index in [4.69, 9.17) is 5.10 Å². The van der Waals surface area contributed by atoms with Crippen molar-refractivity contribution in [3.8, 4) is 11.1 Å². The minimum Gasteiger partial charge on any atom is -0.301 e. The van der Waals surface area contributed by atoms with E-state index >= 15 is 0 Å². The first-order valence-electron chi connectivity index (χ1n) is 9.46. The second-order valence-corrected chi connectivity index (χ2v) is 7.30. The van der Waals surface area contributed by atoms with Gasteiger partial charge >= 0.3 is 0 Å². The molecule has 2 aromatic rings. The van der Waals surface area contributed by atoms with Crippen LogP contribution in [0.3, 0.4) is 0 Å². The molecule has 25 heavy (non-hydrogen) atoms. The molecular formula is C22H27N3. The second-order valence-electron chi connectivity index (χ2n) is 7.30. The van der Waals surface area contributed by atoms with E-state index in [2.05, 4.69) is 86.3 Å². The Morgan fingerprint density at radius 3 is 2.24 bits per heavy atom. The highest BCUT2D eigenvalue weighted by molar-refractivity contribution is 6.19. The van der Waals surface area contributed by atoms with E-state index in [1.165, 1.54) is 28.8 Å². The number of anilines is 1. The maximum absolute atomic E-state index is 4.99. The summed E-state index contributed by atoms with van der Waals surface area (Å²) in [5, 5.41) is 7.18. The monoisotopic (exact) mass is 333 g/mol. The summed E-state index contributed by atoms with van der Waals surface area (Å²) in [5.74, 6) is 2.34. The number of nitrogens with zero attached hydrogens (tertiary/aromatic N) is 3. The Labute approximate surface area is 151 Å². The summed E-state index contributed by atoms with van der Waals surface area (Å²) in [4.78, 5) is 2.48. The van der Waals surface area contributed by atoms with Gasteiger partial charge in [-0.1, -0.05) is 69.7 Å². The van der Waals surface area contributed by atoms with Crippen LogP contribution in [0.2, 0.25) is 0 Å². The average Bonchev–Trinajstić information content (AvgIpc) is 3.00. The van der Waals surface area contributed by atoms with E-state index in [1.807, 2.05) is 0 Å². The molecule has 0 saturated carbocycles. The molecule has 0 amide bonds. The molecule has 3 unspecified atom stereocenters. The molecule has 2 aromatic carbocycles. The smallest absolute Gasteiger partial charge is 0.162 e. The SMILES string of the molecule is CCC(C)C(CC)C1N(C)N=C2c3ccccc3-c3ccccc3N21. The van der Waals surface area contributed by atoms with Crippen LogP contribution in [0, 0.1) is 11.8 Å². The number of benzene rings is 2. The lowest BCUT2D eigenvalue weighted by Gasteiger charge is -2.41. The van der Waals surface area contributed by atoms with Crippen molar-refractivity contribution < 1.29 is 0 Å². The largest absolute Gasteiger partial charge is 0.301 e. The Morgan fingerprint density at radius 2 is 1.56 bits per heavy atom. The van der Waals surface area contributed by atoms with E-state index in [-0.39, 0.29) is 6.17 Å². The normalized spacial score (nSPS) is 20.5. The van der Waals surface area contributed by atoms with Gasteiger partial charge in [-0.3, -0.25) is 5.01 Å². The van der Waals surface area contributed by atoms with E-state index < -0.39 is 0 Å². The predicted octanol–water partition coefficient (Wildman–Crippen LogP) is 5.18. The van der Waals surface area contributed by atoms with Gasteiger partial charge in [0.25, 0.3) is 0 Å². The molecule has 0 spiro atoms. The molecule has 2 aliphatic heterocycles. The third-order valence-electron chi connectivity index (χ3n) is 5.98. The Hall–Kier alpha value is -2.29. The molecule has 0 aromatic heterocycles. The minimum absolute atomic E-state index is 0.282. The lowest BCUT2D eigenvalue weighted by Crippen LogP contribution is -2.49. The minimum atomic E-state index is 0.282. The zero-order valence-corrected chi connectivity index (χ0v) is 15.6. The van der Waals surface area contributed by atoms with Gasteiger partial charge in [0.1, 0.15) is 6.17 Å². The maximum atomic E-state index is 4.99. The summed E-state index contributed by atoms with van der Waals surface area (Å²) in [6.45, 7) is 6.99. The fourth-order valence-electron chi connectivity index (χ4n) is 4.49. The van der Waals surface area contributed by atoms with Crippen LogP contribution in [0.1, 0.15) is 39.2 Å². The van der Waals surface area contributed by atoms with Gasteiger partial charge in [0.05, 0.1) is 5.69 Å². The van der Waals surface area contributed by atoms with Gasteiger partial charge in [0.2, 0.25) is 0 Å². The van der Waals surface area contributed by atoms with Crippen LogP contribution in [0.5, 0.6) is 0 Å². The molecule has 0 N–H and O–H groups in total. The highest BCUT2D eigenvalue weighted by Crippen LogP contribution is 2.45. The third kappa shape index (κ3) is 2.37. The van der Waals surface area contributed by atoms with Gasteiger partial charge in [0.15, 0.2) is 5.84 Å². The first kappa shape index (κ1) is 16.2. The third-order valence-corrected chi connectivity index (χ3v) is 5.98. The second kappa shape index (κ2) is 6.21. The van der Waals surface area contributed by atoms with E-state index in [9.17, 15) is 0 Å². The van der Waals surface area contributed by atoms with Crippen LogP contribution < -0.4 is 4.90 Å². The van der Waals surface area contributed by atoms with Crippen LogP contribution in [-0.2, 0) is 0 Å². The Balaban J connectivity index is 1.89. The van der Waals surface area contributed by atoms with Crippen molar-refractivity contribution in [2.75, 3.05) is 11.9 Å². The number of para-hydroxylation sites is 1. The molecule has 2 heterocycles. The van der Waals surface area contributed by atoms with Crippen molar-refractivity contribution in [1.29, 1.82) is 0 Å². The fourth-order valence-corrected chi connectivity index (χ4v) is 4.49. The van der Waals surface area contributed by atoms with Gasteiger partial charge < -0.3 is 4.90 Å². The van der Waals surface area contributed by atoms with Gasteiger partial charge in [-0.25, -0.2) is 0 Å². The van der Waals surface area contributed by atoms with Crippen molar-refractivity contribution in [3.05, 3.63) is 54.1 Å². The maximum Gasteiger partial charge on any atom is 0.162 e. The Kier molecular flexibility index (Phi) is 4.03. The molecule has 0 radical (unpaired) electrons.